The molecule has 0 heterocycles. The van der Waals surface area contributed by atoms with Gasteiger partial charge in [-0.25, -0.2) is 0 Å². The van der Waals surface area contributed by atoms with Crippen molar-refractivity contribution in [2.75, 3.05) is 0 Å². The van der Waals surface area contributed by atoms with Gasteiger partial charge in [-0.3, -0.25) is 0 Å². The lowest BCUT2D eigenvalue weighted by atomic mass is 9.75. The quantitative estimate of drug-likeness (QED) is 0.771. The number of hydrogen-bond acceptors (Lipinski definition) is 2. The first kappa shape index (κ1) is 9.33. The van der Waals surface area contributed by atoms with Crippen LogP contribution in [-0.2, 0) is 12.8 Å². The van der Waals surface area contributed by atoms with Gasteiger partial charge in [0.25, 0.3) is 0 Å². The lowest BCUT2D eigenvalue weighted by molar-refractivity contribution is 0.139. The van der Waals surface area contributed by atoms with E-state index in [1.165, 1.54) is 0 Å². The van der Waals surface area contributed by atoms with Crippen LogP contribution in [0.5, 0.6) is 0 Å². The smallest absolute Gasteiger partial charge is 0.0844 e. The Bertz CT molecular complexity index is 384. The Kier molecular flexibility index (Phi) is 1.88. The molecule has 0 spiro atoms. The van der Waals surface area contributed by atoms with E-state index in [1.54, 1.807) is 0 Å². The zero-order valence-corrected chi connectivity index (χ0v) is 10.4. The van der Waals surface area contributed by atoms with Gasteiger partial charge in [0.1, 0.15) is 0 Å². The number of aliphatic hydroxyl groups is 2. The summed E-state index contributed by atoms with van der Waals surface area (Å²) in [5, 5.41) is 19.2. The molecule has 2 aliphatic rings. The van der Waals surface area contributed by atoms with Gasteiger partial charge >= 0.3 is 0 Å². The Morgan fingerprint density at radius 3 is 1.50 bits per heavy atom. The lowest BCUT2D eigenvalue weighted by Crippen LogP contribution is -2.27. The van der Waals surface area contributed by atoms with Crippen LogP contribution in [0.25, 0.3) is 0 Å². The van der Waals surface area contributed by atoms with E-state index < -0.39 is 0 Å². The first-order valence-corrected chi connectivity index (χ1v) is 6.08. The average molecular weight is 320 g/mol. The molecule has 4 heteroatoms. The fourth-order valence-electron chi connectivity index (χ4n) is 2.25. The van der Waals surface area contributed by atoms with Crippen molar-refractivity contribution in [3.05, 3.63) is 31.2 Å². The van der Waals surface area contributed by atoms with Crippen LogP contribution in [0.2, 0.25) is 0 Å². The van der Waals surface area contributed by atoms with E-state index in [-0.39, 0.29) is 12.2 Å². The third-order valence-corrected chi connectivity index (χ3v) is 4.93. The van der Waals surface area contributed by atoms with Crippen LogP contribution in [0.1, 0.15) is 34.5 Å². The standard InChI is InChI=1S/C10H8Br2O2/c11-9-3-1-5(13)7(3)10(12)4-2-6(14)8(4)9/h5-6,13-14H,1-2H2/t5-,6+. The molecule has 2 atom stereocenters. The van der Waals surface area contributed by atoms with Crippen LogP contribution in [-0.4, -0.2) is 10.2 Å². The van der Waals surface area contributed by atoms with E-state index >= 15 is 0 Å². The predicted molar refractivity (Wildman–Crippen MR) is 59.2 cm³/mol. The van der Waals surface area contributed by atoms with E-state index in [1.807, 2.05) is 0 Å². The first-order chi connectivity index (χ1) is 6.61. The molecule has 1 aromatic carbocycles. The van der Waals surface area contributed by atoms with Gasteiger partial charge in [-0.1, -0.05) is 31.9 Å². The maximum absolute atomic E-state index is 9.60. The van der Waals surface area contributed by atoms with Gasteiger partial charge in [-0.15, -0.1) is 0 Å². The molecule has 2 aliphatic carbocycles. The molecule has 0 unspecified atom stereocenters. The van der Waals surface area contributed by atoms with Gasteiger partial charge in [-0.05, 0) is 22.3 Å². The zero-order valence-electron chi connectivity index (χ0n) is 7.22. The second kappa shape index (κ2) is 2.82. The van der Waals surface area contributed by atoms with E-state index in [0.717, 1.165) is 31.2 Å². The van der Waals surface area contributed by atoms with E-state index in [2.05, 4.69) is 31.9 Å². The normalized spacial score (nSPS) is 27.4. The summed E-state index contributed by atoms with van der Waals surface area (Å²) in [4.78, 5) is 0. The summed E-state index contributed by atoms with van der Waals surface area (Å²) >= 11 is 6.99. The van der Waals surface area contributed by atoms with E-state index in [4.69, 9.17) is 0 Å². The van der Waals surface area contributed by atoms with Gasteiger partial charge in [0.05, 0.1) is 12.2 Å². The molecule has 3 rings (SSSR count). The molecule has 0 fully saturated rings. The summed E-state index contributed by atoms with van der Waals surface area (Å²) in [6.45, 7) is 0. The minimum absolute atomic E-state index is 0.335. The van der Waals surface area contributed by atoms with Crippen molar-refractivity contribution in [1.82, 2.24) is 0 Å². The summed E-state index contributed by atoms with van der Waals surface area (Å²) < 4.78 is 1.99. The molecule has 14 heavy (non-hydrogen) atoms. The lowest BCUT2D eigenvalue weighted by Gasteiger charge is -2.37. The molecule has 0 saturated carbocycles. The van der Waals surface area contributed by atoms with Crippen LogP contribution >= 0.6 is 31.9 Å². The predicted octanol–water partition coefficient (Wildman–Crippen LogP) is 2.39. The zero-order chi connectivity index (χ0) is 10.0. The van der Waals surface area contributed by atoms with Crippen molar-refractivity contribution in [2.45, 2.75) is 25.0 Å². The highest BCUT2D eigenvalue weighted by Gasteiger charge is 2.38. The highest BCUT2D eigenvalue weighted by molar-refractivity contribution is 9.11. The number of halogens is 2. The summed E-state index contributed by atoms with van der Waals surface area (Å²) in [5.41, 5.74) is 4.29. The van der Waals surface area contributed by atoms with Gasteiger partial charge in [0.2, 0.25) is 0 Å². The van der Waals surface area contributed by atoms with Gasteiger partial charge in [0, 0.05) is 21.8 Å². The second-order valence-corrected chi connectivity index (χ2v) is 5.44. The Balaban J connectivity index is 2.30. The summed E-state index contributed by atoms with van der Waals surface area (Å²) in [6.07, 6.45) is 0.709. The van der Waals surface area contributed by atoms with Crippen LogP contribution in [0.3, 0.4) is 0 Å². The largest absolute Gasteiger partial charge is 0.388 e. The number of benzene rings is 1. The molecular weight excluding hydrogens is 312 g/mol. The monoisotopic (exact) mass is 318 g/mol. The fraction of sp³-hybridized carbons (Fsp3) is 0.400. The Morgan fingerprint density at radius 1 is 0.857 bits per heavy atom. The Morgan fingerprint density at radius 2 is 1.21 bits per heavy atom. The van der Waals surface area contributed by atoms with Crippen molar-refractivity contribution in [3.63, 3.8) is 0 Å². The molecule has 2 N–H and O–H groups in total. The third kappa shape index (κ3) is 0.927. The molecule has 0 aliphatic heterocycles. The maximum Gasteiger partial charge on any atom is 0.0844 e. The van der Waals surface area contributed by atoms with Crippen molar-refractivity contribution >= 4 is 31.9 Å². The molecule has 0 aromatic heterocycles. The molecule has 0 saturated heterocycles. The average Bonchev–Trinajstić information content (AvgIpc) is 2.07. The van der Waals surface area contributed by atoms with Gasteiger partial charge in [-0.2, -0.15) is 0 Å². The number of fused-ring (bicyclic) bond motifs is 2. The summed E-state index contributed by atoms with van der Waals surface area (Å²) in [6, 6.07) is 0. The molecule has 0 amide bonds. The van der Waals surface area contributed by atoms with E-state index in [9.17, 15) is 10.2 Å². The van der Waals surface area contributed by atoms with Crippen molar-refractivity contribution in [2.24, 2.45) is 0 Å². The fourth-order valence-corrected chi connectivity index (χ4v) is 4.01. The molecule has 0 bridgehead atoms. The maximum atomic E-state index is 9.60. The summed E-state index contributed by atoms with van der Waals surface area (Å²) in [5.74, 6) is 0. The Hall–Kier alpha value is 0.1000. The SMILES string of the molecule is O[C@@H]1Cc2c(Br)c3c(c(Br)c21)C[C@@H]3O. The highest BCUT2D eigenvalue weighted by atomic mass is 79.9. The van der Waals surface area contributed by atoms with Crippen molar-refractivity contribution < 1.29 is 10.2 Å². The first-order valence-electron chi connectivity index (χ1n) is 4.50. The van der Waals surface area contributed by atoms with E-state index in [0.29, 0.717) is 12.8 Å². The minimum atomic E-state index is -0.335. The minimum Gasteiger partial charge on any atom is -0.388 e. The molecule has 74 valence electrons. The number of hydrogen-bond donors (Lipinski definition) is 2. The second-order valence-electron chi connectivity index (χ2n) is 3.85. The highest BCUT2D eigenvalue weighted by Crippen LogP contribution is 2.52. The topological polar surface area (TPSA) is 40.5 Å². The molecule has 0 radical (unpaired) electrons. The Labute approximate surface area is 98.2 Å². The van der Waals surface area contributed by atoms with Crippen molar-refractivity contribution in [1.29, 1.82) is 0 Å². The molecule has 1 aromatic rings. The number of aliphatic hydroxyl groups excluding tert-OH is 2. The van der Waals surface area contributed by atoms with Crippen LogP contribution < -0.4 is 0 Å². The van der Waals surface area contributed by atoms with Crippen LogP contribution in [0.4, 0.5) is 0 Å². The third-order valence-electron chi connectivity index (χ3n) is 3.11. The van der Waals surface area contributed by atoms with Crippen molar-refractivity contribution in [3.8, 4) is 0 Å². The van der Waals surface area contributed by atoms with Crippen LogP contribution in [0.15, 0.2) is 8.95 Å². The molecule has 2 nitrogen and oxygen atoms in total. The van der Waals surface area contributed by atoms with Gasteiger partial charge in [0.15, 0.2) is 0 Å². The summed E-state index contributed by atoms with van der Waals surface area (Å²) in [7, 11) is 0. The van der Waals surface area contributed by atoms with Gasteiger partial charge < -0.3 is 10.2 Å². The molecular formula is C10H8Br2O2. The van der Waals surface area contributed by atoms with Crippen LogP contribution in [0, 0.1) is 0 Å². The number of rotatable bonds is 0.